The van der Waals surface area contributed by atoms with E-state index in [4.69, 9.17) is 15.2 Å². The van der Waals surface area contributed by atoms with Crippen LogP contribution in [0.1, 0.15) is 26.7 Å². The van der Waals surface area contributed by atoms with Crippen molar-refractivity contribution in [2.24, 2.45) is 10.7 Å². The van der Waals surface area contributed by atoms with Gasteiger partial charge >= 0.3 is 0 Å². The fourth-order valence-electron chi connectivity index (χ4n) is 1.62. The molecule has 1 aromatic rings. The summed E-state index contributed by atoms with van der Waals surface area (Å²) in [5.41, 5.74) is 5.77. The zero-order chi connectivity index (χ0) is 14.8. The van der Waals surface area contributed by atoms with Gasteiger partial charge in [-0.25, -0.2) is 4.99 Å². The van der Waals surface area contributed by atoms with Crippen molar-refractivity contribution in [3.8, 4) is 11.5 Å². The number of rotatable bonds is 8. The van der Waals surface area contributed by atoms with Crippen LogP contribution in [0.3, 0.4) is 0 Å². The fourth-order valence-corrected chi connectivity index (χ4v) is 1.62. The Morgan fingerprint density at radius 2 is 2.10 bits per heavy atom. The predicted molar refractivity (Wildman–Crippen MR) is 97.9 cm³/mol. The average Bonchev–Trinajstić information content (AvgIpc) is 2.45. The minimum atomic E-state index is -0.0476. The first-order valence-corrected chi connectivity index (χ1v) is 7.00. The number of nitrogens with zero attached hydrogens (tertiary/aromatic N) is 1. The number of ether oxygens (including phenoxy) is 2. The Labute approximate surface area is 144 Å². The summed E-state index contributed by atoms with van der Waals surface area (Å²) in [7, 11) is 1.63. The standard InChI is InChI=1S/C15H25N3O2.HI/c1-4-5-9-17-15(16)18-11-12(2)20-14-8-6-7-13(10-14)19-3;/h6-8,10,12H,4-5,9,11H2,1-3H3,(H3,16,17,18);1H. The van der Waals surface area contributed by atoms with Crippen LogP contribution in [-0.2, 0) is 0 Å². The molecule has 120 valence electrons. The molecule has 1 aromatic carbocycles. The molecule has 0 spiro atoms. The smallest absolute Gasteiger partial charge is 0.188 e. The Balaban J connectivity index is 0.00000400. The quantitative estimate of drug-likeness (QED) is 0.301. The molecule has 0 radical (unpaired) electrons. The van der Waals surface area contributed by atoms with Crippen LogP contribution in [-0.4, -0.2) is 32.3 Å². The third-order valence-electron chi connectivity index (χ3n) is 2.73. The number of methoxy groups -OCH3 is 1. The highest BCUT2D eigenvalue weighted by Crippen LogP contribution is 2.19. The fraction of sp³-hybridized carbons (Fsp3) is 0.533. The molecule has 0 aromatic heterocycles. The van der Waals surface area contributed by atoms with Crippen molar-refractivity contribution in [3.63, 3.8) is 0 Å². The summed E-state index contributed by atoms with van der Waals surface area (Å²) in [6.07, 6.45) is 2.18. The van der Waals surface area contributed by atoms with Crippen LogP contribution in [0.25, 0.3) is 0 Å². The van der Waals surface area contributed by atoms with E-state index in [9.17, 15) is 0 Å². The summed E-state index contributed by atoms with van der Waals surface area (Å²) in [5, 5.41) is 3.07. The molecule has 3 N–H and O–H groups in total. The Morgan fingerprint density at radius 3 is 2.76 bits per heavy atom. The van der Waals surface area contributed by atoms with E-state index in [1.165, 1.54) is 0 Å². The van der Waals surface area contributed by atoms with Crippen LogP contribution < -0.4 is 20.5 Å². The van der Waals surface area contributed by atoms with Gasteiger partial charge in [0.1, 0.15) is 17.6 Å². The number of aliphatic imine (C=N–C) groups is 1. The van der Waals surface area contributed by atoms with Gasteiger partial charge in [-0.2, -0.15) is 0 Å². The van der Waals surface area contributed by atoms with Crippen molar-refractivity contribution in [2.75, 3.05) is 20.2 Å². The molecule has 0 bridgehead atoms. The molecule has 0 amide bonds. The van der Waals surface area contributed by atoms with E-state index in [1.54, 1.807) is 7.11 Å². The molecule has 1 rings (SSSR count). The minimum absolute atomic E-state index is 0. The monoisotopic (exact) mass is 407 g/mol. The maximum atomic E-state index is 5.77. The summed E-state index contributed by atoms with van der Waals surface area (Å²) >= 11 is 0. The van der Waals surface area contributed by atoms with E-state index in [0.29, 0.717) is 12.5 Å². The lowest BCUT2D eigenvalue weighted by Crippen LogP contribution is -2.33. The van der Waals surface area contributed by atoms with E-state index in [0.717, 1.165) is 30.9 Å². The Hall–Kier alpha value is -1.18. The Kier molecular flexibility index (Phi) is 10.8. The first-order valence-electron chi connectivity index (χ1n) is 7.00. The van der Waals surface area contributed by atoms with Gasteiger partial charge in [-0.3, -0.25) is 0 Å². The van der Waals surface area contributed by atoms with Crippen molar-refractivity contribution in [2.45, 2.75) is 32.8 Å². The molecule has 0 aliphatic carbocycles. The van der Waals surface area contributed by atoms with Crippen LogP contribution in [0.15, 0.2) is 29.3 Å². The molecule has 0 saturated carbocycles. The molecule has 1 unspecified atom stereocenters. The molecule has 0 fully saturated rings. The second-order valence-corrected chi connectivity index (χ2v) is 4.61. The van der Waals surface area contributed by atoms with Gasteiger partial charge < -0.3 is 20.5 Å². The summed E-state index contributed by atoms with van der Waals surface area (Å²) in [6.45, 7) is 5.47. The first-order chi connectivity index (χ1) is 9.65. The molecular weight excluding hydrogens is 381 g/mol. The van der Waals surface area contributed by atoms with Crippen molar-refractivity contribution in [3.05, 3.63) is 24.3 Å². The van der Waals surface area contributed by atoms with E-state index in [-0.39, 0.29) is 30.1 Å². The number of halogens is 1. The normalized spacial score (nSPS) is 12.2. The van der Waals surface area contributed by atoms with Crippen LogP contribution in [0.2, 0.25) is 0 Å². The lowest BCUT2D eigenvalue weighted by atomic mass is 10.3. The molecule has 0 heterocycles. The van der Waals surface area contributed by atoms with Crippen molar-refractivity contribution >= 4 is 29.9 Å². The minimum Gasteiger partial charge on any atom is -0.497 e. The molecule has 6 heteroatoms. The van der Waals surface area contributed by atoms with Crippen LogP contribution >= 0.6 is 24.0 Å². The van der Waals surface area contributed by atoms with Gasteiger partial charge in [-0.15, -0.1) is 24.0 Å². The summed E-state index contributed by atoms with van der Waals surface area (Å²) in [6, 6.07) is 7.52. The molecular formula is C15H26IN3O2. The van der Waals surface area contributed by atoms with Gasteiger partial charge in [-0.05, 0) is 25.5 Å². The molecule has 0 saturated heterocycles. The molecule has 0 aliphatic heterocycles. The third-order valence-corrected chi connectivity index (χ3v) is 2.73. The topological polar surface area (TPSA) is 68.9 Å². The zero-order valence-corrected chi connectivity index (χ0v) is 15.3. The van der Waals surface area contributed by atoms with E-state index in [2.05, 4.69) is 17.2 Å². The molecule has 5 nitrogen and oxygen atoms in total. The van der Waals surface area contributed by atoms with Gasteiger partial charge in [0, 0.05) is 12.6 Å². The largest absolute Gasteiger partial charge is 0.497 e. The predicted octanol–water partition coefficient (Wildman–Crippen LogP) is 2.78. The van der Waals surface area contributed by atoms with Crippen LogP contribution in [0.5, 0.6) is 11.5 Å². The summed E-state index contributed by atoms with van der Waals surface area (Å²) in [5.74, 6) is 2.02. The number of unbranched alkanes of at least 4 members (excludes halogenated alkanes) is 1. The number of benzene rings is 1. The number of guanidine groups is 1. The van der Waals surface area contributed by atoms with Crippen LogP contribution in [0, 0.1) is 0 Å². The maximum absolute atomic E-state index is 5.77. The van der Waals surface area contributed by atoms with Gasteiger partial charge in [0.15, 0.2) is 5.96 Å². The van der Waals surface area contributed by atoms with E-state index >= 15 is 0 Å². The summed E-state index contributed by atoms with van der Waals surface area (Å²) < 4.78 is 10.9. The number of hydrogen-bond acceptors (Lipinski definition) is 3. The molecule has 21 heavy (non-hydrogen) atoms. The van der Waals surface area contributed by atoms with Crippen molar-refractivity contribution < 1.29 is 9.47 Å². The van der Waals surface area contributed by atoms with Gasteiger partial charge in [0.05, 0.1) is 13.7 Å². The highest BCUT2D eigenvalue weighted by Gasteiger charge is 2.04. The van der Waals surface area contributed by atoms with Crippen LogP contribution in [0.4, 0.5) is 0 Å². The summed E-state index contributed by atoms with van der Waals surface area (Å²) in [4.78, 5) is 4.26. The van der Waals surface area contributed by atoms with Crippen molar-refractivity contribution in [1.82, 2.24) is 5.32 Å². The van der Waals surface area contributed by atoms with E-state index < -0.39 is 0 Å². The van der Waals surface area contributed by atoms with Gasteiger partial charge in [-0.1, -0.05) is 19.4 Å². The Bertz CT molecular complexity index is 427. The van der Waals surface area contributed by atoms with Gasteiger partial charge in [0.25, 0.3) is 0 Å². The highest BCUT2D eigenvalue weighted by molar-refractivity contribution is 14.0. The second kappa shape index (κ2) is 11.5. The second-order valence-electron chi connectivity index (χ2n) is 4.61. The number of nitrogens with one attached hydrogen (secondary N) is 1. The Morgan fingerprint density at radius 1 is 1.38 bits per heavy atom. The SMILES string of the molecule is CCCCNC(N)=NCC(C)Oc1cccc(OC)c1.I. The average molecular weight is 407 g/mol. The molecule has 1 atom stereocenters. The lowest BCUT2D eigenvalue weighted by Gasteiger charge is -2.14. The first kappa shape index (κ1) is 19.8. The van der Waals surface area contributed by atoms with Crippen molar-refractivity contribution in [1.29, 1.82) is 0 Å². The van der Waals surface area contributed by atoms with Gasteiger partial charge in [0.2, 0.25) is 0 Å². The maximum Gasteiger partial charge on any atom is 0.188 e. The zero-order valence-electron chi connectivity index (χ0n) is 13.0. The highest BCUT2D eigenvalue weighted by atomic mass is 127. The molecule has 0 aliphatic rings. The third kappa shape index (κ3) is 8.64. The van der Waals surface area contributed by atoms with E-state index in [1.807, 2.05) is 31.2 Å². The number of nitrogens with two attached hydrogens (primary N) is 1. The number of hydrogen-bond donors (Lipinski definition) is 2. The lowest BCUT2D eigenvalue weighted by molar-refractivity contribution is 0.229.